The third kappa shape index (κ3) is 3.15. The fraction of sp³-hybridized carbons (Fsp3) is 0.400. The number of nitrogens with zero attached hydrogens (tertiary/aromatic N) is 2. The molecule has 0 saturated heterocycles. The number of ether oxygens (including phenoxy) is 1. The highest BCUT2D eigenvalue weighted by Gasteiger charge is 2.12. The van der Waals surface area contributed by atoms with Gasteiger partial charge in [0.1, 0.15) is 18.2 Å². The summed E-state index contributed by atoms with van der Waals surface area (Å²) in [5.74, 6) is 1.85. The molecule has 4 heteroatoms. The largest absolute Gasteiger partial charge is 0.485 e. The van der Waals surface area contributed by atoms with Crippen molar-refractivity contribution >= 4 is 0 Å². The standard InChI is InChI=1S/C15H21N3O/c1-4-13(16-2)12-7-5-6-8-14(12)19-11-15-17-9-10-18(15)3/h5-10,13,16H,4,11H2,1-3H3. The molecule has 1 heterocycles. The van der Waals surface area contributed by atoms with Gasteiger partial charge in [0.15, 0.2) is 0 Å². The molecule has 0 radical (unpaired) electrons. The number of hydrogen-bond acceptors (Lipinski definition) is 3. The monoisotopic (exact) mass is 259 g/mol. The Morgan fingerprint density at radius 2 is 2.16 bits per heavy atom. The molecular formula is C15H21N3O. The van der Waals surface area contributed by atoms with Crippen LogP contribution in [0, 0.1) is 0 Å². The first-order chi connectivity index (χ1) is 9.26. The van der Waals surface area contributed by atoms with Crippen molar-refractivity contribution in [2.45, 2.75) is 26.0 Å². The summed E-state index contributed by atoms with van der Waals surface area (Å²) in [4.78, 5) is 4.27. The van der Waals surface area contributed by atoms with E-state index in [0.29, 0.717) is 12.6 Å². The van der Waals surface area contributed by atoms with Gasteiger partial charge in [-0.15, -0.1) is 0 Å². The third-order valence-electron chi connectivity index (χ3n) is 3.33. The molecule has 0 bridgehead atoms. The van der Waals surface area contributed by atoms with E-state index in [0.717, 1.165) is 18.0 Å². The minimum atomic E-state index is 0.317. The Bertz CT molecular complexity index is 518. The van der Waals surface area contributed by atoms with Crippen LogP contribution in [0.25, 0.3) is 0 Å². The Balaban J connectivity index is 2.14. The van der Waals surface area contributed by atoms with Gasteiger partial charge in [-0.2, -0.15) is 0 Å². The Morgan fingerprint density at radius 1 is 1.37 bits per heavy atom. The molecule has 0 spiro atoms. The van der Waals surface area contributed by atoms with Crippen molar-refractivity contribution in [1.29, 1.82) is 0 Å². The lowest BCUT2D eigenvalue weighted by Gasteiger charge is -2.18. The van der Waals surface area contributed by atoms with Crippen LogP contribution in [0.1, 0.15) is 30.8 Å². The quantitative estimate of drug-likeness (QED) is 0.867. The molecule has 1 N–H and O–H groups in total. The highest BCUT2D eigenvalue weighted by atomic mass is 16.5. The van der Waals surface area contributed by atoms with Crippen molar-refractivity contribution in [3.05, 3.63) is 48.0 Å². The summed E-state index contributed by atoms with van der Waals surface area (Å²) in [5, 5.41) is 3.31. The molecule has 1 atom stereocenters. The van der Waals surface area contributed by atoms with E-state index in [1.165, 1.54) is 5.56 Å². The molecule has 102 valence electrons. The van der Waals surface area contributed by atoms with Crippen LogP contribution < -0.4 is 10.1 Å². The molecular weight excluding hydrogens is 238 g/mol. The third-order valence-corrected chi connectivity index (χ3v) is 3.33. The van der Waals surface area contributed by atoms with Gasteiger partial charge < -0.3 is 14.6 Å². The fourth-order valence-corrected chi connectivity index (χ4v) is 2.16. The molecule has 4 nitrogen and oxygen atoms in total. The number of rotatable bonds is 6. The van der Waals surface area contributed by atoms with E-state index in [9.17, 15) is 0 Å². The van der Waals surface area contributed by atoms with Crippen molar-refractivity contribution in [1.82, 2.24) is 14.9 Å². The van der Waals surface area contributed by atoms with E-state index < -0.39 is 0 Å². The van der Waals surface area contributed by atoms with Crippen LogP contribution in [0.2, 0.25) is 0 Å². The number of imidazole rings is 1. The summed E-state index contributed by atoms with van der Waals surface area (Å²) in [7, 11) is 3.95. The molecule has 0 amide bonds. The summed E-state index contributed by atoms with van der Waals surface area (Å²) in [6.45, 7) is 2.65. The lowest BCUT2D eigenvalue weighted by molar-refractivity contribution is 0.285. The molecule has 2 aromatic rings. The van der Waals surface area contributed by atoms with Gasteiger partial charge >= 0.3 is 0 Å². The average Bonchev–Trinajstić information content (AvgIpc) is 2.84. The van der Waals surface area contributed by atoms with Crippen molar-refractivity contribution in [2.75, 3.05) is 7.05 Å². The minimum Gasteiger partial charge on any atom is -0.485 e. The van der Waals surface area contributed by atoms with E-state index in [-0.39, 0.29) is 0 Å². The molecule has 2 rings (SSSR count). The van der Waals surface area contributed by atoms with Gasteiger partial charge in [0.05, 0.1) is 0 Å². The zero-order valence-corrected chi connectivity index (χ0v) is 11.8. The van der Waals surface area contributed by atoms with Gasteiger partial charge in [-0.3, -0.25) is 0 Å². The maximum atomic E-state index is 5.92. The second-order valence-corrected chi connectivity index (χ2v) is 4.53. The topological polar surface area (TPSA) is 39.1 Å². The summed E-state index contributed by atoms with van der Waals surface area (Å²) < 4.78 is 7.89. The SMILES string of the molecule is CCC(NC)c1ccccc1OCc1nccn1C. The first-order valence-corrected chi connectivity index (χ1v) is 6.61. The lowest BCUT2D eigenvalue weighted by Crippen LogP contribution is -2.16. The van der Waals surface area contributed by atoms with E-state index in [1.54, 1.807) is 6.20 Å². The van der Waals surface area contributed by atoms with Gasteiger partial charge in [-0.05, 0) is 19.5 Å². The van der Waals surface area contributed by atoms with Gasteiger partial charge in [-0.25, -0.2) is 4.98 Å². The summed E-state index contributed by atoms with van der Waals surface area (Å²) in [5.41, 5.74) is 1.20. The number of aryl methyl sites for hydroxylation is 1. The maximum absolute atomic E-state index is 5.92. The van der Waals surface area contributed by atoms with Crippen molar-refractivity contribution in [3.63, 3.8) is 0 Å². The first kappa shape index (κ1) is 13.6. The smallest absolute Gasteiger partial charge is 0.146 e. The number of nitrogens with one attached hydrogen (secondary N) is 1. The summed E-state index contributed by atoms with van der Waals surface area (Å²) >= 11 is 0. The Hall–Kier alpha value is -1.81. The van der Waals surface area contributed by atoms with Crippen LogP contribution in [-0.2, 0) is 13.7 Å². The van der Waals surface area contributed by atoms with E-state index in [2.05, 4.69) is 23.3 Å². The zero-order chi connectivity index (χ0) is 13.7. The maximum Gasteiger partial charge on any atom is 0.146 e. The second-order valence-electron chi connectivity index (χ2n) is 4.53. The van der Waals surface area contributed by atoms with Gasteiger partial charge in [-0.1, -0.05) is 25.1 Å². The molecule has 19 heavy (non-hydrogen) atoms. The number of hydrogen-bond donors (Lipinski definition) is 1. The predicted octanol–water partition coefficient (Wildman–Crippen LogP) is 2.67. The zero-order valence-electron chi connectivity index (χ0n) is 11.8. The molecule has 1 aromatic carbocycles. The molecule has 0 aliphatic carbocycles. The summed E-state index contributed by atoms with van der Waals surface area (Å²) in [6, 6.07) is 8.48. The van der Waals surface area contributed by atoms with Crippen molar-refractivity contribution in [3.8, 4) is 5.75 Å². The van der Waals surface area contributed by atoms with Crippen LogP contribution in [0.5, 0.6) is 5.75 Å². The van der Waals surface area contributed by atoms with Gasteiger partial charge in [0, 0.05) is 31.0 Å². The van der Waals surface area contributed by atoms with Crippen LogP contribution in [0.4, 0.5) is 0 Å². The molecule has 0 aliphatic heterocycles. The number of aromatic nitrogens is 2. The van der Waals surface area contributed by atoms with Crippen LogP contribution in [0.15, 0.2) is 36.7 Å². The molecule has 1 unspecified atom stereocenters. The Kier molecular flexibility index (Phi) is 4.58. The average molecular weight is 259 g/mol. The van der Waals surface area contributed by atoms with E-state index in [4.69, 9.17) is 4.74 Å². The first-order valence-electron chi connectivity index (χ1n) is 6.61. The summed E-state index contributed by atoms with van der Waals surface area (Å²) in [6.07, 6.45) is 4.74. The van der Waals surface area contributed by atoms with Crippen LogP contribution >= 0.6 is 0 Å². The molecule has 0 saturated carbocycles. The van der Waals surface area contributed by atoms with E-state index in [1.807, 2.05) is 43.1 Å². The lowest BCUT2D eigenvalue weighted by atomic mass is 10.0. The highest BCUT2D eigenvalue weighted by Crippen LogP contribution is 2.27. The highest BCUT2D eigenvalue weighted by molar-refractivity contribution is 5.35. The van der Waals surface area contributed by atoms with Crippen LogP contribution in [0.3, 0.4) is 0 Å². The molecule has 0 aliphatic rings. The minimum absolute atomic E-state index is 0.317. The van der Waals surface area contributed by atoms with Crippen molar-refractivity contribution in [2.24, 2.45) is 7.05 Å². The predicted molar refractivity (Wildman–Crippen MR) is 76.1 cm³/mol. The second kappa shape index (κ2) is 6.38. The molecule has 1 aromatic heterocycles. The van der Waals surface area contributed by atoms with Gasteiger partial charge in [0.25, 0.3) is 0 Å². The van der Waals surface area contributed by atoms with Crippen molar-refractivity contribution < 1.29 is 4.74 Å². The number of para-hydroxylation sites is 1. The number of benzene rings is 1. The molecule has 0 fully saturated rings. The fourth-order valence-electron chi connectivity index (χ4n) is 2.16. The normalized spacial score (nSPS) is 12.4. The van der Waals surface area contributed by atoms with E-state index >= 15 is 0 Å². The van der Waals surface area contributed by atoms with Gasteiger partial charge in [0.2, 0.25) is 0 Å². The van der Waals surface area contributed by atoms with Crippen LogP contribution in [-0.4, -0.2) is 16.6 Å². The Labute approximate surface area is 114 Å². The Morgan fingerprint density at radius 3 is 2.79 bits per heavy atom.